The normalized spacial score (nSPS) is 24.2. The highest BCUT2D eigenvalue weighted by molar-refractivity contribution is 5.31. The van der Waals surface area contributed by atoms with E-state index in [2.05, 4.69) is 50.4 Å². The number of likely N-dealkylation sites (N-methyl/N-ethyl adjacent to an activating group) is 1. The molecule has 3 nitrogen and oxygen atoms in total. The molecule has 1 heterocycles. The zero-order chi connectivity index (χ0) is 13.9. The predicted molar refractivity (Wildman–Crippen MR) is 77.8 cm³/mol. The molecule has 1 aliphatic heterocycles. The smallest absolute Gasteiger partial charge is 0.137 e. The highest BCUT2D eigenvalue weighted by atomic mass is 16.5. The van der Waals surface area contributed by atoms with E-state index in [4.69, 9.17) is 9.47 Å². The summed E-state index contributed by atoms with van der Waals surface area (Å²) in [6.45, 7) is 8.12. The Morgan fingerprint density at radius 3 is 2.47 bits per heavy atom. The van der Waals surface area contributed by atoms with Crippen LogP contribution in [0.2, 0.25) is 0 Å². The van der Waals surface area contributed by atoms with E-state index in [1.807, 2.05) is 7.05 Å². The van der Waals surface area contributed by atoms with E-state index < -0.39 is 0 Å². The van der Waals surface area contributed by atoms with Gasteiger partial charge in [0.15, 0.2) is 0 Å². The van der Waals surface area contributed by atoms with E-state index >= 15 is 0 Å². The van der Waals surface area contributed by atoms with Crippen LogP contribution >= 0.6 is 0 Å². The van der Waals surface area contributed by atoms with Crippen molar-refractivity contribution in [1.82, 2.24) is 5.32 Å². The molecule has 0 spiro atoms. The van der Waals surface area contributed by atoms with Crippen LogP contribution < -0.4 is 10.1 Å². The quantitative estimate of drug-likeness (QED) is 0.909. The van der Waals surface area contributed by atoms with Crippen molar-refractivity contribution in [3.63, 3.8) is 0 Å². The standard InChI is InChI=1S/C16H25NO2/c1-16(2,3)12-5-7-13(8-6-12)19-15-11-18-10-9-14(15)17-4/h5-8,14-15,17H,9-11H2,1-4H3. The Kier molecular flexibility index (Phi) is 4.48. The number of ether oxygens (including phenoxy) is 2. The van der Waals surface area contributed by atoms with Gasteiger partial charge in [0, 0.05) is 12.6 Å². The molecule has 1 fully saturated rings. The van der Waals surface area contributed by atoms with Gasteiger partial charge in [0.25, 0.3) is 0 Å². The molecular weight excluding hydrogens is 238 g/mol. The van der Waals surface area contributed by atoms with Crippen molar-refractivity contribution in [2.75, 3.05) is 20.3 Å². The minimum absolute atomic E-state index is 0.0965. The summed E-state index contributed by atoms with van der Waals surface area (Å²) in [4.78, 5) is 0. The van der Waals surface area contributed by atoms with Crippen LogP contribution in [0, 0.1) is 0 Å². The molecule has 1 aliphatic rings. The molecule has 1 aromatic rings. The molecule has 0 radical (unpaired) electrons. The molecule has 0 aromatic heterocycles. The largest absolute Gasteiger partial charge is 0.486 e. The summed E-state index contributed by atoms with van der Waals surface area (Å²) in [6.07, 6.45) is 1.10. The second kappa shape index (κ2) is 5.93. The Morgan fingerprint density at radius 1 is 1.21 bits per heavy atom. The van der Waals surface area contributed by atoms with Crippen LogP contribution in [0.1, 0.15) is 32.8 Å². The Bertz CT molecular complexity index is 394. The highest BCUT2D eigenvalue weighted by Gasteiger charge is 2.26. The third-order valence-corrected chi connectivity index (χ3v) is 3.68. The lowest BCUT2D eigenvalue weighted by atomic mass is 9.87. The molecule has 2 unspecified atom stereocenters. The predicted octanol–water partition coefficient (Wildman–Crippen LogP) is 2.74. The van der Waals surface area contributed by atoms with Crippen LogP contribution in [-0.4, -0.2) is 32.4 Å². The van der Waals surface area contributed by atoms with Gasteiger partial charge in [0.05, 0.1) is 6.61 Å². The topological polar surface area (TPSA) is 30.5 Å². The number of rotatable bonds is 3. The summed E-state index contributed by atoms with van der Waals surface area (Å²) in [5, 5.41) is 3.30. The SMILES string of the molecule is CNC1CCOCC1Oc1ccc(C(C)(C)C)cc1. The van der Waals surface area contributed by atoms with Crippen molar-refractivity contribution in [2.45, 2.75) is 44.8 Å². The van der Waals surface area contributed by atoms with Crippen molar-refractivity contribution in [2.24, 2.45) is 0 Å². The maximum atomic E-state index is 6.04. The fourth-order valence-corrected chi connectivity index (χ4v) is 2.37. The maximum absolute atomic E-state index is 6.04. The van der Waals surface area contributed by atoms with Crippen molar-refractivity contribution >= 4 is 0 Å². The highest BCUT2D eigenvalue weighted by Crippen LogP contribution is 2.25. The van der Waals surface area contributed by atoms with Gasteiger partial charge in [-0.25, -0.2) is 0 Å². The van der Waals surface area contributed by atoms with Crippen LogP contribution in [0.25, 0.3) is 0 Å². The summed E-state index contributed by atoms with van der Waals surface area (Å²) in [5.74, 6) is 0.920. The summed E-state index contributed by atoms with van der Waals surface area (Å²) in [6, 6.07) is 8.78. The molecule has 1 N–H and O–H groups in total. The molecular formula is C16H25NO2. The second-order valence-corrected chi connectivity index (χ2v) is 6.19. The van der Waals surface area contributed by atoms with Crippen LogP contribution in [0.3, 0.4) is 0 Å². The van der Waals surface area contributed by atoms with Crippen LogP contribution in [0.5, 0.6) is 5.75 Å². The number of hydrogen-bond donors (Lipinski definition) is 1. The fraction of sp³-hybridized carbons (Fsp3) is 0.625. The molecule has 2 atom stereocenters. The van der Waals surface area contributed by atoms with E-state index in [9.17, 15) is 0 Å². The summed E-state index contributed by atoms with van der Waals surface area (Å²) >= 11 is 0. The van der Waals surface area contributed by atoms with Crippen molar-refractivity contribution in [3.8, 4) is 5.75 Å². The van der Waals surface area contributed by atoms with Gasteiger partial charge < -0.3 is 14.8 Å². The Morgan fingerprint density at radius 2 is 1.89 bits per heavy atom. The van der Waals surface area contributed by atoms with E-state index in [1.165, 1.54) is 5.56 Å². The van der Waals surface area contributed by atoms with Crippen molar-refractivity contribution < 1.29 is 9.47 Å². The number of benzene rings is 1. The number of hydrogen-bond acceptors (Lipinski definition) is 3. The first-order chi connectivity index (χ1) is 9.00. The van der Waals surface area contributed by atoms with E-state index in [1.54, 1.807) is 0 Å². The third kappa shape index (κ3) is 3.71. The Labute approximate surface area is 116 Å². The van der Waals surface area contributed by atoms with Gasteiger partial charge in [-0.1, -0.05) is 32.9 Å². The second-order valence-electron chi connectivity index (χ2n) is 6.19. The zero-order valence-electron chi connectivity index (χ0n) is 12.4. The van der Waals surface area contributed by atoms with E-state index in [0.29, 0.717) is 12.6 Å². The zero-order valence-corrected chi connectivity index (χ0v) is 12.4. The van der Waals surface area contributed by atoms with Gasteiger partial charge in [-0.05, 0) is 36.6 Å². The van der Waals surface area contributed by atoms with Gasteiger partial charge in [-0.2, -0.15) is 0 Å². The average Bonchev–Trinajstić information content (AvgIpc) is 2.39. The summed E-state index contributed by atoms with van der Waals surface area (Å²) in [7, 11) is 1.98. The molecule has 0 bridgehead atoms. The number of nitrogens with one attached hydrogen (secondary N) is 1. The summed E-state index contributed by atoms with van der Waals surface area (Å²) in [5.41, 5.74) is 1.50. The molecule has 1 aromatic carbocycles. The Hall–Kier alpha value is -1.06. The maximum Gasteiger partial charge on any atom is 0.137 e. The van der Waals surface area contributed by atoms with E-state index in [0.717, 1.165) is 18.8 Å². The van der Waals surface area contributed by atoms with Crippen LogP contribution in [-0.2, 0) is 10.2 Å². The minimum Gasteiger partial charge on any atom is -0.486 e. The molecule has 0 saturated carbocycles. The van der Waals surface area contributed by atoms with Gasteiger partial charge in [0.1, 0.15) is 11.9 Å². The molecule has 2 rings (SSSR count). The fourth-order valence-electron chi connectivity index (χ4n) is 2.37. The van der Waals surface area contributed by atoms with E-state index in [-0.39, 0.29) is 11.5 Å². The van der Waals surface area contributed by atoms with Crippen molar-refractivity contribution in [3.05, 3.63) is 29.8 Å². The van der Waals surface area contributed by atoms with Crippen molar-refractivity contribution in [1.29, 1.82) is 0 Å². The van der Waals surface area contributed by atoms with Gasteiger partial charge in [-0.15, -0.1) is 0 Å². The first kappa shape index (κ1) is 14.4. The molecule has 0 aliphatic carbocycles. The molecule has 19 heavy (non-hydrogen) atoms. The average molecular weight is 263 g/mol. The first-order valence-corrected chi connectivity index (χ1v) is 7.03. The molecule has 106 valence electrons. The lowest BCUT2D eigenvalue weighted by molar-refractivity contribution is -0.0129. The van der Waals surface area contributed by atoms with Crippen LogP contribution in [0.15, 0.2) is 24.3 Å². The van der Waals surface area contributed by atoms with Crippen LogP contribution in [0.4, 0.5) is 0 Å². The molecule has 1 saturated heterocycles. The Balaban J connectivity index is 2.02. The lowest BCUT2D eigenvalue weighted by Gasteiger charge is -2.31. The molecule has 0 amide bonds. The minimum atomic E-state index is 0.0965. The molecule has 3 heteroatoms. The first-order valence-electron chi connectivity index (χ1n) is 7.03. The van der Waals surface area contributed by atoms with Gasteiger partial charge in [0.2, 0.25) is 0 Å². The van der Waals surface area contributed by atoms with Gasteiger partial charge >= 0.3 is 0 Å². The summed E-state index contributed by atoms with van der Waals surface area (Å²) < 4.78 is 11.5. The van der Waals surface area contributed by atoms with Gasteiger partial charge in [-0.3, -0.25) is 0 Å². The lowest BCUT2D eigenvalue weighted by Crippen LogP contribution is -2.48. The monoisotopic (exact) mass is 263 g/mol. The third-order valence-electron chi connectivity index (χ3n) is 3.68.